The van der Waals surface area contributed by atoms with Gasteiger partial charge in [0.15, 0.2) is 0 Å². The fourth-order valence-corrected chi connectivity index (χ4v) is 1.38. The third-order valence-electron chi connectivity index (χ3n) is 2.39. The molecule has 0 unspecified atom stereocenters. The van der Waals surface area contributed by atoms with Gasteiger partial charge in [-0.2, -0.15) is 0 Å². The van der Waals surface area contributed by atoms with Crippen molar-refractivity contribution in [2.75, 3.05) is 6.61 Å². The van der Waals surface area contributed by atoms with Crippen LogP contribution < -0.4 is 5.32 Å². The number of hydrogen-bond donors (Lipinski definition) is 1. The average Bonchev–Trinajstić information content (AvgIpc) is 2.22. The van der Waals surface area contributed by atoms with Crippen LogP contribution in [0.15, 0.2) is 12.7 Å². The molecule has 0 saturated heterocycles. The zero-order chi connectivity index (χ0) is 16.0. The first-order valence-corrected chi connectivity index (χ1v) is 6.74. The lowest BCUT2D eigenvalue weighted by Gasteiger charge is -2.24. The Morgan fingerprint density at radius 2 is 1.80 bits per heavy atom. The monoisotopic (exact) mass is 285 g/mol. The smallest absolute Gasteiger partial charge is 0.408 e. The molecule has 0 aromatic heterocycles. The summed E-state index contributed by atoms with van der Waals surface area (Å²) in [5.41, 5.74) is -0.761. The van der Waals surface area contributed by atoms with Crippen molar-refractivity contribution in [1.82, 2.24) is 5.32 Å². The van der Waals surface area contributed by atoms with Crippen molar-refractivity contribution in [3.63, 3.8) is 0 Å². The highest BCUT2D eigenvalue weighted by molar-refractivity contribution is 5.81. The third-order valence-corrected chi connectivity index (χ3v) is 2.39. The highest BCUT2D eigenvalue weighted by Crippen LogP contribution is 2.21. The van der Waals surface area contributed by atoms with E-state index >= 15 is 0 Å². The predicted octanol–water partition coefficient (Wildman–Crippen LogP) is 3.05. The number of esters is 1. The van der Waals surface area contributed by atoms with Crippen molar-refractivity contribution in [2.45, 2.75) is 59.6 Å². The summed E-state index contributed by atoms with van der Waals surface area (Å²) in [6.45, 7) is 14.7. The normalized spacial score (nSPS) is 13.3. The summed E-state index contributed by atoms with van der Waals surface area (Å²) in [6.07, 6.45) is 1.90. The van der Waals surface area contributed by atoms with Crippen molar-refractivity contribution in [2.24, 2.45) is 5.41 Å². The Morgan fingerprint density at radius 3 is 2.25 bits per heavy atom. The standard InChI is InChI=1S/C15H27NO4/c1-8-9-15(6,7)10-19-12(17)11(2)16-13(18)20-14(3,4)5/h8,11H,1,9-10H2,2-7H3,(H,16,18)/t11-/m0/s1. The van der Waals surface area contributed by atoms with Gasteiger partial charge in [-0.1, -0.05) is 19.9 Å². The largest absolute Gasteiger partial charge is 0.464 e. The van der Waals surface area contributed by atoms with Crippen molar-refractivity contribution < 1.29 is 19.1 Å². The predicted molar refractivity (Wildman–Crippen MR) is 78.4 cm³/mol. The first-order valence-electron chi connectivity index (χ1n) is 6.74. The molecule has 1 atom stereocenters. The van der Waals surface area contributed by atoms with Crippen LogP contribution in [-0.4, -0.2) is 30.3 Å². The zero-order valence-corrected chi connectivity index (χ0v) is 13.4. The zero-order valence-electron chi connectivity index (χ0n) is 13.4. The van der Waals surface area contributed by atoms with E-state index in [1.807, 2.05) is 13.8 Å². The lowest BCUT2D eigenvalue weighted by molar-refractivity contribution is -0.148. The van der Waals surface area contributed by atoms with Crippen molar-refractivity contribution in [3.05, 3.63) is 12.7 Å². The molecule has 116 valence electrons. The molecule has 0 bridgehead atoms. The number of nitrogens with one attached hydrogen (secondary N) is 1. The summed E-state index contributed by atoms with van der Waals surface area (Å²) in [4.78, 5) is 23.3. The molecule has 0 aliphatic carbocycles. The summed E-state index contributed by atoms with van der Waals surface area (Å²) in [5, 5.41) is 2.45. The third kappa shape index (κ3) is 8.56. The lowest BCUT2D eigenvalue weighted by Crippen LogP contribution is -2.43. The molecular weight excluding hydrogens is 258 g/mol. The minimum absolute atomic E-state index is 0.164. The number of allylic oxidation sites excluding steroid dienone is 1. The highest BCUT2D eigenvalue weighted by atomic mass is 16.6. The quantitative estimate of drug-likeness (QED) is 0.602. The van der Waals surface area contributed by atoms with Crippen LogP contribution in [0, 0.1) is 5.41 Å². The van der Waals surface area contributed by atoms with Gasteiger partial charge in [-0.05, 0) is 34.1 Å². The maximum Gasteiger partial charge on any atom is 0.408 e. The van der Waals surface area contributed by atoms with Crippen LogP contribution >= 0.6 is 0 Å². The second-order valence-electron chi connectivity index (χ2n) is 6.63. The van der Waals surface area contributed by atoms with Gasteiger partial charge in [0.1, 0.15) is 11.6 Å². The van der Waals surface area contributed by atoms with Crippen molar-refractivity contribution >= 4 is 12.1 Å². The Hall–Kier alpha value is -1.52. The molecule has 0 radical (unpaired) electrons. The molecule has 5 heteroatoms. The molecule has 0 aliphatic heterocycles. The maximum absolute atomic E-state index is 11.8. The van der Waals surface area contributed by atoms with Crippen LogP contribution in [0.4, 0.5) is 4.79 Å². The molecule has 0 aromatic rings. The fourth-order valence-electron chi connectivity index (χ4n) is 1.38. The molecule has 0 aromatic carbocycles. The van der Waals surface area contributed by atoms with Crippen LogP contribution in [0.2, 0.25) is 0 Å². The molecular formula is C15H27NO4. The van der Waals surface area contributed by atoms with E-state index in [1.165, 1.54) is 0 Å². The molecule has 0 fully saturated rings. The van der Waals surface area contributed by atoms with Crippen molar-refractivity contribution in [1.29, 1.82) is 0 Å². The van der Waals surface area contributed by atoms with Gasteiger partial charge in [0.25, 0.3) is 0 Å². The summed E-state index contributed by atoms with van der Waals surface area (Å²) in [5.74, 6) is -0.479. The lowest BCUT2D eigenvalue weighted by atomic mass is 9.91. The highest BCUT2D eigenvalue weighted by Gasteiger charge is 2.24. The van der Waals surface area contributed by atoms with Gasteiger partial charge in [0.2, 0.25) is 0 Å². The van der Waals surface area contributed by atoms with Gasteiger partial charge in [0.05, 0.1) is 6.61 Å². The van der Waals surface area contributed by atoms with E-state index in [2.05, 4.69) is 11.9 Å². The number of alkyl carbamates (subject to hydrolysis) is 1. The maximum atomic E-state index is 11.8. The van der Waals surface area contributed by atoms with E-state index in [-0.39, 0.29) is 12.0 Å². The molecule has 1 N–H and O–H groups in total. The van der Waals surface area contributed by atoms with E-state index in [0.717, 1.165) is 6.42 Å². The Labute approximate surface area is 121 Å². The fraction of sp³-hybridized carbons (Fsp3) is 0.733. The number of carbonyl (C=O) groups excluding carboxylic acids is 2. The Morgan fingerprint density at radius 1 is 1.25 bits per heavy atom. The van der Waals surface area contributed by atoms with E-state index < -0.39 is 23.7 Å². The summed E-state index contributed by atoms with van der Waals surface area (Å²) in [7, 11) is 0. The Balaban J connectivity index is 4.23. The van der Waals surface area contributed by atoms with E-state index in [9.17, 15) is 9.59 Å². The van der Waals surface area contributed by atoms with E-state index in [0.29, 0.717) is 0 Å². The van der Waals surface area contributed by atoms with Gasteiger partial charge in [-0.3, -0.25) is 0 Å². The van der Waals surface area contributed by atoms with Crippen molar-refractivity contribution in [3.8, 4) is 0 Å². The topological polar surface area (TPSA) is 64.6 Å². The van der Waals surface area contributed by atoms with Crippen LogP contribution in [0.5, 0.6) is 0 Å². The first kappa shape index (κ1) is 18.5. The number of rotatable bonds is 6. The van der Waals surface area contributed by atoms with Gasteiger partial charge >= 0.3 is 12.1 Å². The number of amides is 1. The molecule has 20 heavy (non-hydrogen) atoms. The minimum Gasteiger partial charge on any atom is -0.464 e. The van der Waals surface area contributed by atoms with Crippen LogP contribution in [0.25, 0.3) is 0 Å². The average molecular weight is 285 g/mol. The summed E-state index contributed by atoms with van der Waals surface area (Å²) >= 11 is 0. The van der Waals surface area contributed by atoms with Crippen LogP contribution in [-0.2, 0) is 14.3 Å². The second kappa shape index (κ2) is 7.31. The molecule has 5 nitrogen and oxygen atoms in total. The SMILES string of the molecule is C=CCC(C)(C)COC(=O)[C@H](C)NC(=O)OC(C)(C)C. The van der Waals surface area contributed by atoms with Gasteiger partial charge in [0, 0.05) is 5.41 Å². The minimum atomic E-state index is -0.746. The Bertz CT molecular complexity index is 355. The van der Waals surface area contributed by atoms with Gasteiger partial charge in [-0.15, -0.1) is 6.58 Å². The molecule has 0 aliphatic rings. The van der Waals surface area contributed by atoms with Gasteiger partial charge < -0.3 is 14.8 Å². The molecule has 0 saturated carbocycles. The first-order chi connectivity index (χ1) is 8.97. The summed E-state index contributed by atoms with van der Waals surface area (Å²) < 4.78 is 10.3. The van der Waals surface area contributed by atoms with Gasteiger partial charge in [-0.25, -0.2) is 9.59 Å². The molecule has 1 amide bonds. The molecule has 0 heterocycles. The summed E-state index contributed by atoms with van der Waals surface area (Å²) in [6, 6.07) is -0.746. The number of carbonyl (C=O) groups is 2. The van der Waals surface area contributed by atoms with E-state index in [1.54, 1.807) is 33.8 Å². The van der Waals surface area contributed by atoms with E-state index in [4.69, 9.17) is 9.47 Å². The molecule has 0 rings (SSSR count). The number of ether oxygens (including phenoxy) is 2. The number of hydrogen-bond acceptors (Lipinski definition) is 4. The second-order valence-corrected chi connectivity index (χ2v) is 6.63. The van der Waals surface area contributed by atoms with Crippen LogP contribution in [0.1, 0.15) is 48.0 Å². The van der Waals surface area contributed by atoms with Crippen LogP contribution in [0.3, 0.4) is 0 Å². The Kier molecular flexibility index (Phi) is 6.76. The molecule has 0 spiro atoms.